The summed E-state index contributed by atoms with van der Waals surface area (Å²) in [4.78, 5) is 36.7. The minimum absolute atomic E-state index is 0.133. The second-order valence-electron chi connectivity index (χ2n) is 8.56. The summed E-state index contributed by atoms with van der Waals surface area (Å²) in [5.41, 5.74) is 5.33. The van der Waals surface area contributed by atoms with Crippen molar-refractivity contribution in [2.24, 2.45) is 0 Å². The van der Waals surface area contributed by atoms with Gasteiger partial charge < -0.3 is 15.2 Å². The minimum Gasteiger partial charge on any atom is -0.374 e. The number of carbonyl (C=O) groups excluding carboxylic acids is 1. The van der Waals surface area contributed by atoms with Crippen LogP contribution in [0, 0.1) is 0 Å². The summed E-state index contributed by atoms with van der Waals surface area (Å²) >= 11 is 0. The molecule has 2 aromatic heterocycles. The number of H-pyrrole nitrogens is 1. The highest BCUT2D eigenvalue weighted by atomic mass is 16.2. The van der Waals surface area contributed by atoms with Gasteiger partial charge in [-0.2, -0.15) is 0 Å². The van der Waals surface area contributed by atoms with E-state index in [-0.39, 0.29) is 17.0 Å². The van der Waals surface area contributed by atoms with Gasteiger partial charge in [-0.3, -0.25) is 19.5 Å². The van der Waals surface area contributed by atoms with Crippen molar-refractivity contribution in [3.8, 4) is 0 Å². The molecule has 0 saturated carbocycles. The molecule has 0 aliphatic carbocycles. The van der Waals surface area contributed by atoms with Crippen LogP contribution in [-0.2, 0) is 26.1 Å². The molecule has 172 valence electrons. The molecule has 0 spiro atoms. The first kappa shape index (κ1) is 22.7. The number of pyridine rings is 2. The molecule has 3 heterocycles. The Kier molecular flexibility index (Phi) is 7.19. The third-order valence-corrected chi connectivity index (χ3v) is 6.16. The molecule has 1 aromatic carbocycles. The number of hydrogen-bond acceptors (Lipinski definition) is 5. The lowest BCUT2D eigenvalue weighted by molar-refractivity contribution is 0.0949. The van der Waals surface area contributed by atoms with Crippen molar-refractivity contribution in [2.75, 3.05) is 25.0 Å². The third kappa shape index (κ3) is 5.68. The zero-order chi connectivity index (χ0) is 23.2. The predicted octanol–water partition coefficient (Wildman–Crippen LogP) is 3.10. The number of aromatic nitrogens is 2. The van der Waals surface area contributed by atoms with Gasteiger partial charge in [0.1, 0.15) is 5.56 Å². The lowest BCUT2D eigenvalue weighted by Gasteiger charge is -2.27. The average molecular weight is 446 g/mol. The van der Waals surface area contributed by atoms with E-state index in [1.807, 2.05) is 24.3 Å². The van der Waals surface area contributed by atoms with Crippen molar-refractivity contribution in [1.82, 2.24) is 20.2 Å². The molecule has 1 amide bonds. The Morgan fingerprint density at radius 1 is 1.12 bits per heavy atom. The summed E-state index contributed by atoms with van der Waals surface area (Å²) in [5, 5.41) is 2.89. The Bertz CT molecular complexity index is 1160. The monoisotopic (exact) mass is 445 g/mol. The Labute approximate surface area is 194 Å². The van der Waals surface area contributed by atoms with Crippen LogP contribution in [0.3, 0.4) is 0 Å². The Morgan fingerprint density at radius 2 is 1.94 bits per heavy atom. The Hall–Kier alpha value is -3.45. The van der Waals surface area contributed by atoms with E-state index >= 15 is 0 Å². The number of fused-ring (bicyclic) bond motifs is 1. The van der Waals surface area contributed by atoms with E-state index in [1.165, 1.54) is 16.8 Å². The molecule has 7 heteroatoms. The molecule has 1 aliphatic rings. The van der Waals surface area contributed by atoms with E-state index in [9.17, 15) is 9.59 Å². The molecular weight excluding hydrogens is 414 g/mol. The molecule has 0 saturated heterocycles. The Balaban J connectivity index is 1.37. The summed E-state index contributed by atoms with van der Waals surface area (Å²) in [6.45, 7) is 5.75. The summed E-state index contributed by atoms with van der Waals surface area (Å²) in [6.07, 6.45) is 5.75. The number of anilines is 1. The third-order valence-electron chi connectivity index (χ3n) is 6.16. The molecule has 4 rings (SSSR count). The van der Waals surface area contributed by atoms with Crippen molar-refractivity contribution < 1.29 is 4.79 Å². The van der Waals surface area contributed by atoms with E-state index < -0.39 is 0 Å². The summed E-state index contributed by atoms with van der Waals surface area (Å²) in [7, 11) is 2.11. The number of nitrogens with one attached hydrogen (secondary N) is 2. The number of rotatable bonds is 8. The number of aromatic amines is 1. The van der Waals surface area contributed by atoms with Crippen LogP contribution in [0.5, 0.6) is 0 Å². The first-order valence-corrected chi connectivity index (χ1v) is 11.5. The van der Waals surface area contributed by atoms with Crippen molar-refractivity contribution in [1.29, 1.82) is 0 Å². The molecule has 3 aromatic rings. The zero-order valence-electron chi connectivity index (χ0n) is 19.3. The van der Waals surface area contributed by atoms with Crippen LogP contribution in [0.25, 0.3) is 0 Å². The lowest BCUT2D eigenvalue weighted by atomic mass is 9.99. The summed E-state index contributed by atoms with van der Waals surface area (Å²) in [5.74, 6) is -0.359. The molecule has 7 nitrogen and oxygen atoms in total. The van der Waals surface area contributed by atoms with Crippen LogP contribution in [-0.4, -0.2) is 40.9 Å². The second-order valence-corrected chi connectivity index (χ2v) is 8.56. The quantitative estimate of drug-likeness (QED) is 0.557. The maximum atomic E-state index is 12.7. The summed E-state index contributed by atoms with van der Waals surface area (Å²) < 4.78 is 0. The van der Waals surface area contributed by atoms with Crippen molar-refractivity contribution in [3.63, 3.8) is 0 Å². The molecule has 0 fully saturated rings. The van der Waals surface area contributed by atoms with E-state index in [1.54, 1.807) is 18.5 Å². The highest BCUT2D eigenvalue weighted by Gasteiger charge is 2.15. The molecule has 1 aliphatic heterocycles. The largest absolute Gasteiger partial charge is 0.374 e. The molecule has 0 radical (unpaired) electrons. The molecule has 0 atom stereocenters. The fraction of sp³-hybridized carbons (Fsp3) is 0.346. The van der Waals surface area contributed by atoms with Crippen LogP contribution in [0.2, 0.25) is 0 Å². The van der Waals surface area contributed by atoms with E-state index in [0.29, 0.717) is 13.1 Å². The van der Waals surface area contributed by atoms with Crippen LogP contribution in [0.4, 0.5) is 5.69 Å². The van der Waals surface area contributed by atoms with Gasteiger partial charge in [-0.25, -0.2) is 0 Å². The molecule has 0 unspecified atom stereocenters. The van der Waals surface area contributed by atoms with Crippen molar-refractivity contribution >= 4 is 11.6 Å². The van der Waals surface area contributed by atoms with E-state index in [2.05, 4.69) is 51.2 Å². The second kappa shape index (κ2) is 10.4. The van der Waals surface area contributed by atoms with Gasteiger partial charge in [-0.05, 0) is 66.4 Å². The standard InChI is InChI=1S/C26H31N5O2/c1-3-31(17-19-10-12-27-13-11-19)18-22-7-8-23(26(33)29-22)25(32)28-16-20-6-9-24-21(15-20)5-4-14-30(24)2/h6-13,15H,3-5,14,16-18H2,1-2H3,(H,28,32)(H,29,33). The number of amides is 1. The molecule has 33 heavy (non-hydrogen) atoms. The maximum absolute atomic E-state index is 12.7. The first-order chi connectivity index (χ1) is 16.0. The normalized spacial score (nSPS) is 13.1. The highest BCUT2D eigenvalue weighted by Crippen LogP contribution is 2.26. The predicted molar refractivity (Wildman–Crippen MR) is 130 cm³/mol. The highest BCUT2D eigenvalue weighted by molar-refractivity contribution is 5.93. The van der Waals surface area contributed by atoms with Gasteiger partial charge in [0, 0.05) is 57.0 Å². The topological polar surface area (TPSA) is 81.3 Å². The smallest absolute Gasteiger partial charge is 0.261 e. The number of benzene rings is 1. The average Bonchev–Trinajstić information content (AvgIpc) is 2.83. The van der Waals surface area contributed by atoms with Crippen molar-refractivity contribution in [3.05, 3.63) is 93.2 Å². The van der Waals surface area contributed by atoms with Crippen LogP contribution in [0.15, 0.2) is 59.7 Å². The van der Waals surface area contributed by atoms with Gasteiger partial charge >= 0.3 is 0 Å². The van der Waals surface area contributed by atoms with E-state index in [4.69, 9.17) is 0 Å². The maximum Gasteiger partial charge on any atom is 0.261 e. The Morgan fingerprint density at radius 3 is 2.70 bits per heavy atom. The minimum atomic E-state index is -0.364. The van der Waals surface area contributed by atoms with Gasteiger partial charge in [-0.1, -0.05) is 19.1 Å². The molecular formula is C26H31N5O2. The SMILES string of the molecule is CCN(Cc1ccncc1)Cc1ccc(C(=O)NCc2ccc3c(c2)CCCN3C)c(=O)[nH]1. The number of nitrogens with zero attached hydrogens (tertiary/aromatic N) is 3. The number of carbonyl (C=O) groups is 1. The van der Waals surface area contributed by atoms with Gasteiger partial charge in [0.2, 0.25) is 0 Å². The van der Waals surface area contributed by atoms with Gasteiger partial charge in [0.25, 0.3) is 11.5 Å². The van der Waals surface area contributed by atoms with E-state index in [0.717, 1.165) is 43.7 Å². The van der Waals surface area contributed by atoms with Gasteiger partial charge in [0.15, 0.2) is 0 Å². The van der Waals surface area contributed by atoms with Crippen LogP contribution >= 0.6 is 0 Å². The number of hydrogen-bond donors (Lipinski definition) is 2. The fourth-order valence-electron chi connectivity index (χ4n) is 4.28. The van der Waals surface area contributed by atoms with Crippen LogP contribution < -0.4 is 15.8 Å². The number of aryl methyl sites for hydroxylation is 1. The molecule has 0 bridgehead atoms. The fourth-order valence-corrected chi connectivity index (χ4v) is 4.28. The van der Waals surface area contributed by atoms with Gasteiger partial charge in [-0.15, -0.1) is 0 Å². The zero-order valence-corrected chi connectivity index (χ0v) is 19.3. The van der Waals surface area contributed by atoms with Gasteiger partial charge in [0.05, 0.1) is 0 Å². The first-order valence-electron chi connectivity index (χ1n) is 11.5. The molecule has 2 N–H and O–H groups in total. The van der Waals surface area contributed by atoms with Crippen LogP contribution in [0.1, 0.15) is 46.1 Å². The summed E-state index contributed by atoms with van der Waals surface area (Å²) in [6, 6.07) is 13.7. The van der Waals surface area contributed by atoms with Crippen molar-refractivity contribution in [2.45, 2.75) is 39.4 Å². The lowest BCUT2D eigenvalue weighted by Crippen LogP contribution is -2.31.